The number of amides is 1. The van der Waals surface area contributed by atoms with Crippen molar-refractivity contribution >= 4 is 58.7 Å². The zero-order chi connectivity index (χ0) is 21.2. The first-order chi connectivity index (χ1) is 13.8. The summed E-state index contributed by atoms with van der Waals surface area (Å²) in [7, 11) is 4.07. The predicted octanol–water partition coefficient (Wildman–Crippen LogP) is 4.73. The highest BCUT2D eigenvalue weighted by Crippen LogP contribution is 2.15. The first kappa shape index (κ1) is 26.0. The Morgan fingerprint density at radius 3 is 2.33 bits per heavy atom. The van der Waals surface area contributed by atoms with E-state index in [1.54, 1.807) is 24.3 Å². The average molecular weight is 468 g/mol. The lowest BCUT2D eigenvalue weighted by atomic mass is 10.0. The molecule has 30 heavy (non-hydrogen) atoms. The third-order valence-electron chi connectivity index (χ3n) is 4.27. The largest absolute Gasteiger partial charge is 0.332 e. The summed E-state index contributed by atoms with van der Waals surface area (Å²) in [6.07, 6.45) is 2.97. The first-order valence-electron chi connectivity index (χ1n) is 9.47. The Kier molecular flexibility index (Phi) is 11.6. The summed E-state index contributed by atoms with van der Waals surface area (Å²) in [4.78, 5) is 26.4. The van der Waals surface area contributed by atoms with Gasteiger partial charge in [0.05, 0.1) is 10.6 Å². The maximum Gasteiger partial charge on any atom is 0.258 e. The van der Waals surface area contributed by atoms with E-state index in [2.05, 4.69) is 15.5 Å². The number of nitrogens with zero attached hydrogens (tertiary/aromatic N) is 1. The molecule has 2 aromatic carbocycles. The van der Waals surface area contributed by atoms with Crippen molar-refractivity contribution in [2.24, 2.45) is 0 Å². The van der Waals surface area contributed by atoms with E-state index in [0.29, 0.717) is 23.4 Å². The van der Waals surface area contributed by atoms with Crippen molar-refractivity contribution in [3.8, 4) is 0 Å². The molecule has 0 aliphatic heterocycles. The molecule has 0 saturated heterocycles. The smallest absolute Gasteiger partial charge is 0.258 e. The van der Waals surface area contributed by atoms with Crippen LogP contribution >= 0.6 is 36.2 Å². The topological polar surface area (TPSA) is 61.4 Å². The molecule has 2 aromatic rings. The van der Waals surface area contributed by atoms with Crippen LogP contribution in [0.4, 0.5) is 5.69 Å². The van der Waals surface area contributed by atoms with Gasteiger partial charge in [-0.05, 0) is 75.5 Å². The average Bonchev–Trinajstić information content (AvgIpc) is 2.67. The fourth-order valence-corrected chi connectivity index (χ4v) is 3.18. The van der Waals surface area contributed by atoms with Crippen molar-refractivity contribution in [3.63, 3.8) is 0 Å². The number of hydrogen-bond acceptors (Lipinski definition) is 4. The first-order valence-corrected chi connectivity index (χ1v) is 10.3. The normalized spacial score (nSPS) is 10.3. The van der Waals surface area contributed by atoms with Gasteiger partial charge in [0, 0.05) is 18.5 Å². The van der Waals surface area contributed by atoms with Crippen LogP contribution in [0.1, 0.15) is 35.2 Å². The number of thiocarbonyl (C=S) groups is 1. The molecule has 1 amide bonds. The Balaban J connectivity index is 0.00000450. The summed E-state index contributed by atoms with van der Waals surface area (Å²) >= 11 is 11.2. The fraction of sp³-hybridized carbons (Fsp3) is 0.318. The van der Waals surface area contributed by atoms with Crippen molar-refractivity contribution in [3.05, 3.63) is 64.7 Å². The van der Waals surface area contributed by atoms with Gasteiger partial charge in [0.1, 0.15) is 5.78 Å². The quantitative estimate of drug-likeness (QED) is 0.412. The molecule has 0 bridgehead atoms. The van der Waals surface area contributed by atoms with E-state index in [4.69, 9.17) is 23.8 Å². The Labute approximate surface area is 194 Å². The van der Waals surface area contributed by atoms with Crippen molar-refractivity contribution < 1.29 is 9.59 Å². The van der Waals surface area contributed by atoms with Gasteiger partial charge in [-0.25, -0.2) is 0 Å². The second-order valence-electron chi connectivity index (χ2n) is 7.06. The number of hydrogen-bond donors (Lipinski definition) is 2. The molecule has 5 nitrogen and oxygen atoms in total. The second kappa shape index (κ2) is 13.3. The molecule has 0 saturated carbocycles. The number of halogens is 2. The molecule has 162 valence electrons. The van der Waals surface area contributed by atoms with Crippen LogP contribution in [-0.2, 0) is 11.2 Å². The number of Topliss-reactive ketones (excluding diaryl/α,β-unsaturated/α-hetero) is 1. The fourth-order valence-electron chi connectivity index (χ4n) is 2.75. The zero-order valence-corrected chi connectivity index (χ0v) is 19.5. The lowest BCUT2D eigenvalue weighted by molar-refractivity contribution is -0.118. The van der Waals surface area contributed by atoms with Crippen molar-refractivity contribution in [1.82, 2.24) is 10.2 Å². The van der Waals surface area contributed by atoms with Crippen LogP contribution in [0.2, 0.25) is 5.02 Å². The molecule has 0 unspecified atom stereocenters. The number of rotatable bonds is 9. The van der Waals surface area contributed by atoms with Crippen LogP contribution in [0.15, 0.2) is 48.5 Å². The maximum absolute atomic E-state index is 12.2. The molecule has 0 radical (unpaired) electrons. The summed E-state index contributed by atoms with van der Waals surface area (Å²) in [5.74, 6) is -0.128. The van der Waals surface area contributed by atoms with Gasteiger partial charge in [-0.1, -0.05) is 35.9 Å². The minimum atomic E-state index is -0.371. The number of carbonyl (C=O) groups is 2. The second-order valence-corrected chi connectivity index (χ2v) is 7.88. The van der Waals surface area contributed by atoms with E-state index in [9.17, 15) is 9.59 Å². The molecular weight excluding hydrogens is 441 g/mol. The highest BCUT2D eigenvalue weighted by Gasteiger charge is 2.11. The zero-order valence-electron chi connectivity index (χ0n) is 17.1. The number of ketones is 1. The van der Waals surface area contributed by atoms with Gasteiger partial charge in [0.15, 0.2) is 5.11 Å². The summed E-state index contributed by atoms with van der Waals surface area (Å²) in [5.41, 5.74) is 2.05. The molecule has 0 fully saturated rings. The minimum absolute atomic E-state index is 0. The van der Waals surface area contributed by atoms with Crippen LogP contribution in [0, 0.1) is 0 Å². The lowest BCUT2D eigenvalue weighted by Gasteiger charge is -2.11. The monoisotopic (exact) mass is 467 g/mol. The third kappa shape index (κ3) is 9.22. The van der Waals surface area contributed by atoms with Crippen LogP contribution < -0.4 is 10.6 Å². The van der Waals surface area contributed by atoms with E-state index in [-0.39, 0.29) is 29.2 Å². The molecule has 8 heteroatoms. The lowest BCUT2D eigenvalue weighted by Crippen LogP contribution is -2.34. The van der Waals surface area contributed by atoms with Crippen molar-refractivity contribution in [2.75, 3.05) is 26.0 Å². The predicted molar refractivity (Wildman–Crippen MR) is 130 cm³/mol. The molecule has 0 aliphatic rings. The van der Waals surface area contributed by atoms with Crippen LogP contribution in [0.3, 0.4) is 0 Å². The molecular formula is C22H27Cl2N3O2S. The van der Waals surface area contributed by atoms with E-state index >= 15 is 0 Å². The Hall–Kier alpha value is -1.99. The van der Waals surface area contributed by atoms with Gasteiger partial charge in [0.2, 0.25) is 0 Å². The molecule has 0 aliphatic carbocycles. The summed E-state index contributed by atoms with van der Waals surface area (Å²) in [5, 5.41) is 6.11. The van der Waals surface area contributed by atoms with E-state index in [0.717, 1.165) is 30.6 Å². The number of unbranched alkanes of at least 4 members (excludes halogenated alkanes) is 1. The van der Waals surface area contributed by atoms with Crippen LogP contribution in [0.5, 0.6) is 0 Å². The van der Waals surface area contributed by atoms with Gasteiger partial charge >= 0.3 is 0 Å². The van der Waals surface area contributed by atoms with Crippen LogP contribution in [0.25, 0.3) is 0 Å². The summed E-state index contributed by atoms with van der Waals surface area (Å²) < 4.78 is 0. The molecule has 2 N–H and O–H groups in total. The summed E-state index contributed by atoms with van der Waals surface area (Å²) in [6.45, 7) is 1.00. The van der Waals surface area contributed by atoms with Gasteiger partial charge in [0.25, 0.3) is 5.91 Å². The minimum Gasteiger partial charge on any atom is -0.332 e. The molecule has 0 aromatic heterocycles. The Morgan fingerprint density at radius 2 is 1.70 bits per heavy atom. The van der Waals surface area contributed by atoms with Gasteiger partial charge < -0.3 is 10.2 Å². The van der Waals surface area contributed by atoms with Gasteiger partial charge in [-0.2, -0.15) is 0 Å². The number of anilines is 1. The van der Waals surface area contributed by atoms with Crippen molar-refractivity contribution in [2.45, 2.75) is 25.7 Å². The SMILES string of the molecule is CN(C)CCCCC(=O)Cc1ccc(NC(=S)NC(=O)c2ccccc2Cl)cc1.Cl. The van der Waals surface area contributed by atoms with Gasteiger partial charge in [-0.3, -0.25) is 14.9 Å². The third-order valence-corrected chi connectivity index (χ3v) is 4.80. The Bertz CT molecular complexity index is 858. The number of carbonyl (C=O) groups excluding carboxylic acids is 2. The molecule has 0 heterocycles. The van der Waals surface area contributed by atoms with Gasteiger partial charge in [-0.15, -0.1) is 12.4 Å². The molecule has 2 rings (SSSR count). The molecule has 0 atom stereocenters. The van der Waals surface area contributed by atoms with E-state index < -0.39 is 0 Å². The Morgan fingerprint density at radius 1 is 1.03 bits per heavy atom. The number of nitrogens with one attached hydrogen (secondary N) is 2. The van der Waals surface area contributed by atoms with Crippen LogP contribution in [-0.4, -0.2) is 42.3 Å². The highest BCUT2D eigenvalue weighted by atomic mass is 35.5. The van der Waals surface area contributed by atoms with E-state index in [1.807, 2.05) is 38.4 Å². The maximum atomic E-state index is 12.2. The highest BCUT2D eigenvalue weighted by molar-refractivity contribution is 7.80. The van der Waals surface area contributed by atoms with Crippen molar-refractivity contribution in [1.29, 1.82) is 0 Å². The standard InChI is InChI=1S/C22H26ClN3O2S.ClH/c1-26(2)14-6-5-7-18(27)15-16-10-12-17(13-11-16)24-22(29)25-21(28)19-8-3-4-9-20(19)23;/h3-4,8-13H,5-7,14-15H2,1-2H3,(H2,24,25,28,29);1H. The summed E-state index contributed by atoms with van der Waals surface area (Å²) in [6, 6.07) is 14.2. The van der Waals surface area contributed by atoms with E-state index in [1.165, 1.54) is 0 Å². The number of benzene rings is 2. The molecule has 0 spiro atoms.